The average molecular weight is 472 g/mol. The first-order valence-electron chi connectivity index (χ1n) is 11.7. The molecule has 2 fully saturated rings. The minimum absolute atomic E-state index is 0.153. The summed E-state index contributed by atoms with van der Waals surface area (Å²) in [5.74, 6) is -0.268. The molecule has 1 amide bonds. The molecule has 1 N–H and O–H groups in total. The molecule has 2 unspecified atom stereocenters. The van der Waals surface area contributed by atoms with Crippen LogP contribution in [-0.2, 0) is 14.8 Å². The molecule has 2 heterocycles. The molecule has 0 spiro atoms. The number of carbonyl (C=O) groups excluding carboxylic acids is 1. The van der Waals surface area contributed by atoms with Crippen LogP contribution in [0, 0.1) is 0 Å². The highest BCUT2D eigenvalue weighted by Crippen LogP contribution is 2.23. The molecule has 0 bridgehead atoms. The van der Waals surface area contributed by atoms with E-state index in [1.807, 2.05) is 38.1 Å². The van der Waals surface area contributed by atoms with Gasteiger partial charge in [-0.25, -0.2) is 8.42 Å². The summed E-state index contributed by atoms with van der Waals surface area (Å²) in [5.41, 5.74) is 2.30. The Labute approximate surface area is 196 Å². The first-order valence-corrected chi connectivity index (χ1v) is 13.2. The lowest BCUT2D eigenvalue weighted by Gasteiger charge is -2.34. The SMILES string of the molecule is CC1CN(S(=O)(=O)c2ccc(C(=O)Nc3ccc(N4CCCCCC4)cc3)cc2)CC(C)O1. The highest BCUT2D eigenvalue weighted by Gasteiger charge is 2.32. The van der Waals surface area contributed by atoms with Crippen LogP contribution in [0.4, 0.5) is 11.4 Å². The van der Waals surface area contributed by atoms with Gasteiger partial charge in [-0.3, -0.25) is 4.79 Å². The maximum atomic E-state index is 13.0. The van der Waals surface area contributed by atoms with E-state index in [1.54, 1.807) is 12.1 Å². The summed E-state index contributed by atoms with van der Waals surface area (Å²) in [7, 11) is -3.63. The van der Waals surface area contributed by atoms with E-state index in [1.165, 1.54) is 47.8 Å². The standard InChI is InChI=1S/C25H33N3O4S/c1-19-17-28(18-20(2)32-19)33(30,31)24-13-7-21(8-14-24)25(29)26-22-9-11-23(12-10-22)27-15-5-3-4-6-16-27/h7-14,19-20H,3-6,15-18H2,1-2H3,(H,26,29). The number of morpholine rings is 1. The molecule has 2 aromatic rings. The van der Waals surface area contributed by atoms with Crippen LogP contribution in [0.15, 0.2) is 53.4 Å². The van der Waals surface area contributed by atoms with Crippen LogP contribution < -0.4 is 10.2 Å². The van der Waals surface area contributed by atoms with Crippen LogP contribution in [0.1, 0.15) is 49.9 Å². The van der Waals surface area contributed by atoms with Gasteiger partial charge in [0.1, 0.15) is 0 Å². The number of sulfonamides is 1. The van der Waals surface area contributed by atoms with E-state index < -0.39 is 10.0 Å². The molecule has 0 aliphatic carbocycles. The second kappa shape index (κ2) is 10.2. The Morgan fingerprint density at radius 2 is 1.45 bits per heavy atom. The van der Waals surface area contributed by atoms with Crippen molar-refractivity contribution >= 4 is 27.3 Å². The second-order valence-electron chi connectivity index (χ2n) is 9.01. The molecule has 2 atom stereocenters. The molecular weight excluding hydrogens is 438 g/mol. The Balaban J connectivity index is 1.40. The number of rotatable bonds is 5. The van der Waals surface area contributed by atoms with Crippen molar-refractivity contribution in [3.8, 4) is 0 Å². The predicted molar refractivity (Wildman–Crippen MR) is 130 cm³/mol. The van der Waals surface area contributed by atoms with Crippen LogP contribution in [0.3, 0.4) is 0 Å². The molecule has 4 rings (SSSR count). The monoisotopic (exact) mass is 471 g/mol. The lowest BCUT2D eigenvalue weighted by Crippen LogP contribution is -2.48. The first-order chi connectivity index (χ1) is 15.8. The van der Waals surface area contributed by atoms with E-state index >= 15 is 0 Å². The largest absolute Gasteiger partial charge is 0.373 e. The van der Waals surface area contributed by atoms with E-state index in [-0.39, 0.29) is 23.0 Å². The Hall–Kier alpha value is -2.42. The van der Waals surface area contributed by atoms with Crippen molar-refractivity contribution in [1.29, 1.82) is 0 Å². The van der Waals surface area contributed by atoms with Crippen molar-refractivity contribution in [2.45, 2.75) is 56.6 Å². The summed E-state index contributed by atoms with van der Waals surface area (Å²) >= 11 is 0. The molecule has 2 aromatic carbocycles. The van der Waals surface area contributed by atoms with Crippen molar-refractivity contribution in [3.05, 3.63) is 54.1 Å². The number of nitrogens with zero attached hydrogens (tertiary/aromatic N) is 2. The van der Waals surface area contributed by atoms with Gasteiger partial charge in [0.25, 0.3) is 5.91 Å². The van der Waals surface area contributed by atoms with Gasteiger partial charge in [0.15, 0.2) is 0 Å². The zero-order valence-electron chi connectivity index (χ0n) is 19.4. The fraction of sp³-hybridized carbons (Fsp3) is 0.480. The molecule has 2 aliphatic rings. The van der Waals surface area contributed by atoms with Gasteiger partial charge in [-0.2, -0.15) is 4.31 Å². The van der Waals surface area contributed by atoms with Crippen LogP contribution in [0.25, 0.3) is 0 Å². The van der Waals surface area contributed by atoms with E-state index in [0.717, 1.165) is 13.1 Å². The number of ether oxygens (including phenoxy) is 1. The highest BCUT2D eigenvalue weighted by molar-refractivity contribution is 7.89. The lowest BCUT2D eigenvalue weighted by molar-refractivity contribution is -0.0440. The van der Waals surface area contributed by atoms with Crippen molar-refractivity contribution in [1.82, 2.24) is 4.31 Å². The second-order valence-corrected chi connectivity index (χ2v) is 10.9. The molecule has 7 nitrogen and oxygen atoms in total. The Bertz CT molecular complexity index is 1040. The maximum absolute atomic E-state index is 13.0. The van der Waals surface area contributed by atoms with Gasteiger partial charge < -0.3 is 15.0 Å². The van der Waals surface area contributed by atoms with Crippen LogP contribution in [-0.4, -0.2) is 57.0 Å². The van der Waals surface area contributed by atoms with Crippen molar-refractivity contribution in [2.24, 2.45) is 0 Å². The van der Waals surface area contributed by atoms with Gasteiger partial charge in [-0.05, 0) is 75.2 Å². The summed E-state index contributed by atoms with van der Waals surface area (Å²) in [5, 5.41) is 2.90. The molecule has 0 aromatic heterocycles. The molecule has 0 radical (unpaired) electrons. The normalized spacial score (nSPS) is 22.5. The molecule has 0 saturated carbocycles. The number of carbonyl (C=O) groups is 1. The lowest BCUT2D eigenvalue weighted by atomic mass is 10.2. The van der Waals surface area contributed by atoms with Crippen molar-refractivity contribution in [2.75, 3.05) is 36.4 Å². The zero-order valence-corrected chi connectivity index (χ0v) is 20.2. The van der Waals surface area contributed by atoms with Gasteiger partial charge >= 0.3 is 0 Å². The molecular formula is C25H33N3O4S. The molecule has 2 aliphatic heterocycles. The number of hydrogen-bond acceptors (Lipinski definition) is 5. The van der Waals surface area contributed by atoms with Gasteiger partial charge in [-0.1, -0.05) is 12.8 Å². The smallest absolute Gasteiger partial charge is 0.255 e. The zero-order chi connectivity index (χ0) is 23.4. The fourth-order valence-corrected chi connectivity index (χ4v) is 6.13. The minimum atomic E-state index is -3.63. The third-order valence-electron chi connectivity index (χ3n) is 6.24. The van der Waals surface area contributed by atoms with Crippen LogP contribution in [0.5, 0.6) is 0 Å². The van der Waals surface area contributed by atoms with Gasteiger partial charge in [0, 0.05) is 43.1 Å². The van der Waals surface area contributed by atoms with E-state index in [0.29, 0.717) is 24.3 Å². The van der Waals surface area contributed by atoms with E-state index in [9.17, 15) is 13.2 Å². The fourth-order valence-electron chi connectivity index (χ4n) is 4.54. The Morgan fingerprint density at radius 1 is 0.879 bits per heavy atom. The highest BCUT2D eigenvalue weighted by atomic mass is 32.2. The summed E-state index contributed by atoms with van der Waals surface area (Å²) in [6, 6.07) is 14.0. The summed E-state index contributed by atoms with van der Waals surface area (Å²) in [6.45, 7) is 6.52. The number of anilines is 2. The molecule has 33 heavy (non-hydrogen) atoms. The Morgan fingerprint density at radius 3 is 2.03 bits per heavy atom. The van der Waals surface area contributed by atoms with Crippen molar-refractivity contribution < 1.29 is 17.9 Å². The summed E-state index contributed by atoms with van der Waals surface area (Å²) in [6.07, 6.45) is 4.70. The summed E-state index contributed by atoms with van der Waals surface area (Å²) < 4.78 is 33.1. The predicted octanol–water partition coefficient (Wildman–Crippen LogP) is 4.12. The van der Waals surface area contributed by atoms with Crippen LogP contribution in [0.2, 0.25) is 0 Å². The molecule has 2 saturated heterocycles. The quantitative estimate of drug-likeness (QED) is 0.710. The number of amides is 1. The number of nitrogens with one attached hydrogen (secondary N) is 1. The number of benzene rings is 2. The van der Waals surface area contributed by atoms with Gasteiger partial charge in [0.05, 0.1) is 17.1 Å². The minimum Gasteiger partial charge on any atom is -0.373 e. The van der Waals surface area contributed by atoms with Crippen molar-refractivity contribution in [3.63, 3.8) is 0 Å². The molecule has 8 heteroatoms. The molecule has 178 valence electrons. The maximum Gasteiger partial charge on any atom is 0.255 e. The third-order valence-corrected chi connectivity index (χ3v) is 8.08. The van der Waals surface area contributed by atoms with E-state index in [4.69, 9.17) is 4.74 Å². The first kappa shape index (κ1) is 23.7. The van der Waals surface area contributed by atoms with E-state index in [2.05, 4.69) is 10.2 Å². The Kier molecular flexibility index (Phi) is 7.36. The number of hydrogen-bond donors (Lipinski definition) is 1. The summed E-state index contributed by atoms with van der Waals surface area (Å²) in [4.78, 5) is 15.3. The van der Waals surface area contributed by atoms with Gasteiger partial charge in [0.2, 0.25) is 10.0 Å². The van der Waals surface area contributed by atoms with Crippen LogP contribution >= 0.6 is 0 Å². The topological polar surface area (TPSA) is 79.0 Å². The van der Waals surface area contributed by atoms with Gasteiger partial charge in [-0.15, -0.1) is 0 Å². The third kappa shape index (κ3) is 5.75. The average Bonchev–Trinajstić information content (AvgIpc) is 3.09.